The fourth-order valence-electron chi connectivity index (χ4n) is 3.98. The van der Waals surface area contributed by atoms with Crippen LogP contribution in [0.4, 0.5) is 0 Å². The van der Waals surface area contributed by atoms with E-state index in [4.69, 9.17) is 4.74 Å². The van der Waals surface area contributed by atoms with Crippen LogP contribution >= 0.6 is 0 Å². The Balaban J connectivity index is 1.66. The first-order valence-corrected chi connectivity index (χ1v) is 10.1. The molecule has 0 N–H and O–H groups in total. The van der Waals surface area contributed by atoms with Gasteiger partial charge in [-0.1, -0.05) is 51.1 Å². The van der Waals surface area contributed by atoms with Crippen molar-refractivity contribution in [2.75, 3.05) is 0 Å². The van der Waals surface area contributed by atoms with Crippen molar-refractivity contribution in [3.63, 3.8) is 0 Å². The van der Waals surface area contributed by atoms with E-state index in [-0.39, 0.29) is 11.2 Å². The standard InChI is InChI=1S/C26H26N2O2/c1-26(2,3)25-23(21-14-15-27-16-22(21)28(25)4)24(29)19-10-12-20(13-11-19)30-17-18-8-6-5-7-9-18/h5-16H,17H2,1-4H3. The molecule has 0 bridgehead atoms. The van der Waals surface area contributed by atoms with Gasteiger partial charge in [0.15, 0.2) is 5.78 Å². The minimum atomic E-state index is -0.183. The Hall–Kier alpha value is -3.40. The first-order valence-electron chi connectivity index (χ1n) is 10.1. The monoisotopic (exact) mass is 398 g/mol. The van der Waals surface area contributed by atoms with Gasteiger partial charge in [0, 0.05) is 35.3 Å². The molecule has 152 valence electrons. The Bertz CT molecular complexity index is 1180. The molecule has 4 nitrogen and oxygen atoms in total. The Morgan fingerprint density at radius 2 is 1.70 bits per heavy atom. The van der Waals surface area contributed by atoms with Crippen molar-refractivity contribution < 1.29 is 9.53 Å². The second kappa shape index (κ2) is 7.79. The molecule has 4 heteroatoms. The molecule has 0 saturated heterocycles. The van der Waals surface area contributed by atoms with Gasteiger partial charge in [0.05, 0.1) is 17.3 Å². The number of carbonyl (C=O) groups is 1. The Labute approximate surface area is 177 Å². The van der Waals surface area contributed by atoms with Crippen LogP contribution in [0.5, 0.6) is 5.75 Å². The van der Waals surface area contributed by atoms with Gasteiger partial charge in [-0.3, -0.25) is 9.78 Å². The molecule has 0 amide bonds. The van der Waals surface area contributed by atoms with E-state index >= 15 is 0 Å². The zero-order valence-electron chi connectivity index (χ0n) is 17.8. The van der Waals surface area contributed by atoms with Crippen LogP contribution in [0.2, 0.25) is 0 Å². The Morgan fingerprint density at radius 1 is 1.00 bits per heavy atom. The predicted molar refractivity (Wildman–Crippen MR) is 120 cm³/mol. The molecule has 2 aromatic carbocycles. The maximum atomic E-state index is 13.6. The van der Waals surface area contributed by atoms with Gasteiger partial charge in [-0.05, 0) is 35.9 Å². The van der Waals surface area contributed by atoms with Crippen LogP contribution in [0.15, 0.2) is 73.1 Å². The van der Waals surface area contributed by atoms with E-state index in [1.54, 1.807) is 6.20 Å². The van der Waals surface area contributed by atoms with Crippen LogP contribution in [0.3, 0.4) is 0 Å². The Morgan fingerprint density at radius 3 is 2.37 bits per heavy atom. The maximum Gasteiger partial charge on any atom is 0.195 e. The van der Waals surface area contributed by atoms with Crippen LogP contribution in [0.25, 0.3) is 10.9 Å². The Kier molecular flexibility index (Phi) is 5.17. The van der Waals surface area contributed by atoms with Crippen LogP contribution in [-0.4, -0.2) is 15.3 Å². The third-order valence-corrected chi connectivity index (χ3v) is 5.31. The van der Waals surface area contributed by atoms with Gasteiger partial charge in [0.1, 0.15) is 12.4 Å². The highest BCUT2D eigenvalue weighted by molar-refractivity contribution is 6.17. The fraction of sp³-hybridized carbons (Fsp3) is 0.231. The summed E-state index contributed by atoms with van der Waals surface area (Å²) < 4.78 is 7.95. The lowest BCUT2D eigenvalue weighted by atomic mass is 9.86. The number of nitrogens with zero attached hydrogens (tertiary/aromatic N) is 2. The van der Waals surface area contributed by atoms with Crippen LogP contribution in [0, 0.1) is 0 Å². The van der Waals surface area contributed by atoms with Crippen molar-refractivity contribution >= 4 is 16.7 Å². The summed E-state index contributed by atoms with van der Waals surface area (Å²) in [6.45, 7) is 6.89. The van der Waals surface area contributed by atoms with Gasteiger partial charge >= 0.3 is 0 Å². The molecule has 0 radical (unpaired) electrons. The highest BCUT2D eigenvalue weighted by Gasteiger charge is 2.29. The quantitative estimate of drug-likeness (QED) is 0.406. The molecule has 2 aromatic heterocycles. The lowest BCUT2D eigenvalue weighted by Crippen LogP contribution is -2.20. The highest BCUT2D eigenvalue weighted by atomic mass is 16.5. The molecule has 0 unspecified atom stereocenters. The number of aromatic nitrogens is 2. The lowest BCUT2D eigenvalue weighted by molar-refractivity contribution is 0.103. The molecule has 2 heterocycles. The molecule has 0 fully saturated rings. The van der Waals surface area contributed by atoms with E-state index < -0.39 is 0 Å². The SMILES string of the molecule is Cn1c(C(C)(C)C)c(C(=O)c2ccc(OCc3ccccc3)cc2)c2ccncc21. The van der Waals surface area contributed by atoms with Crippen LogP contribution in [-0.2, 0) is 19.1 Å². The van der Waals surface area contributed by atoms with E-state index in [0.717, 1.165) is 33.5 Å². The number of rotatable bonds is 5. The average Bonchev–Trinajstić information content (AvgIpc) is 3.06. The number of benzene rings is 2. The molecule has 30 heavy (non-hydrogen) atoms. The largest absolute Gasteiger partial charge is 0.489 e. The minimum Gasteiger partial charge on any atom is -0.489 e. The summed E-state index contributed by atoms with van der Waals surface area (Å²) in [4.78, 5) is 17.8. The van der Waals surface area contributed by atoms with Crippen molar-refractivity contribution in [1.82, 2.24) is 9.55 Å². The van der Waals surface area contributed by atoms with E-state index in [1.165, 1.54) is 0 Å². The van der Waals surface area contributed by atoms with Gasteiger partial charge in [-0.25, -0.2) is 0 Å². The van der Waals surface area contributed by atoms with Crippen molar-refractivity contribution in [3.05, 3.63) is 95.4 Å². The van der Waals surface area contributed by atoms with Crippen molar-refractivity contribution in [3.8, 4) is 5.75 Å². The maximum absolute atomic E-state index is 13.6. The molecule has 4 rings (SSSR count). The molecular formula is C26H26N2O2. The molecule has 0 aliphatic carbocycles. The highest BCUT2D eigenvalue weighted by Crippen LogP contribution is 2.35. The molecule has 0 atom stereocenters. The van der Waals surface area contributed by atoms with E-state index in [2.05, 4.69) is 30.3 Å². The van der Waals surface area contributed by atoms with Gasteiger partial charge in [-0.2, -0.15) is 0 Å². The third kappa shape index (κ3) is 3.73. The number of ketones is 1. The topological polar surface area (TPSA) is 44.1 Å². The summed E-state index contributed by atoms with van der Waals surface area (Å²) in [7, 11) is 2.00. The first kappa shape index (κ1) is 19.9. The number of carbonyl (C=O) groups excluding carboxylic acids is 1. The minimum absolute atomic E-state index is 0.0198. The molecule has 0 aliphatic heterocycles. The van der Waals surface area contributed by atoms with Crippen molar-refractivity contribution in [1.29, 1.82) is 0 Å². The predicted octanol–water partition coefficient (Wildman–Crippen LogP) is 5.68. The van der Waals surface area contributed by atoms with Crippen molar-refractivity contribution in [2.45, 2.75) is 32.8 Å². The number of hydrogen-bond acceptors (Lipinski definition) is 3. The van der Waals surface area contributed by atoms with Gasteiger partial charge in [0.2, 0.25) is 0 Å². The van der Waals surface area contributed by atoms with E-state index in [9.17, 15) is 4.79 Å². The zero-order chi connectivity index (χ0) is 21.3. The van der Waals surface area contributed by atoms with Gasteiger partial charge < -0.3 is 9.30 Å². The van der Waals surface area contributed by atoms with Gasteiger partial charge in [0.25, 0.3) is 0 Å². The second-order valence-corrected chi connectivity index (χ2v) is 8.55. The lowest BCUT2D eigenvalue weighted by Gasteiger charge is -2.22. The van der Waals surface area contributed by atoms with Crippen LogP contribution in [0.1, 0.15) is 48.0 Å². The number of pyridine rings is 1. The molecular weight excluding hydrogens is 372 g/mol. The third-order valence-electron chi connectivity index (χ3n) is 5.31. The summed E-state index contributed by atoms with van der Waals surface area (Å²) >= 11 is 0. The number of fused-ring (bicyclic) bond motifs is 1. The number of aryl methyl sites for hydroxylation is 1. The summed E-state index contributed by atoms with van der Waals surface area (Å²) in [6.07, 6.45) is 3.56. The van der Waals surface area contributed by atoms with E-state index in [1.807, 2.05) is 73.9 Å². The number of hydrogen-bond donors (Lipinski definition) is 0. The summed E-state index contributed by atoms with van der Waals surface area (Å²) in [5, 5.41) is 0.937. The normalized spacial score (nSPS) is 11.6. The summed E-state index contributed by atoms with van der Waals surface area (Å²) in [5.41, 5.74) is 4.31. The van der Waals surface area contributed by atoms with Gasteiger partial charge in [-0.15, -0.1) is 0 Å². The molecule has 0 saturated carbocycles. The fourth-order valence-corrected chi connectivity index (χ4v) is 3.98. The summed E-state index contributed by atoms with van der Waals surface area (Å²) in [5.74, 6) is 0.764. The summed E-state index contributed by atoms with van der Waals surface area (Å²) in [6, 6.07) is 19.4. The van der Waals surface area contributed by atoms with Crippen molar-refractivity contribution in [2.24, 2.45) is 7.05 Å². The zero-order valence-corrected chi connectivity index (χ0v) is 17.8. The van der Waals surface area contributed by atoms with Crippen LogP contribution < -0.4 is 4.74 Å². The second-order valence-electron chi connectivity index (χ2n) is 8.55. The average molecular weight is 399 g/mol. The molecule has 4 aromatic rings. The molecule has 0 aliphatic rings. The smallest absolute Gasteiger partial charge is 0.195 e. The molecule has 0 spiro atoms. The number of ether oxygens (including phenoxy) is 1. The van der Waals surface area contributed by atoms with E-state index in [0.29, 0.717) is 12.2 Å². The first-order chi connectivity index (χ1) is 14.4.